The third-order valence-corrected chi connectivity index (χ3v) is 4.40. The Hall–Kier alpha value is -2.88. The number of H-pyrrole nitrogens is 1. The fraction of sp³-hybridized carbons (Fsp3) is 0.227. The number of benzene rings is 2. The molecule has 0 saturated carbocycles. The van der Waals surface area contributed by atoms with E-state index in [2.05, 4.69) is 28.5 Å². The van der Waals surface area contributed by atoms with Crippen molar-refractivity contribution >= 4 is 22.9 Å². The molecule has 0 saturated heterocycles. The Balaban J connectivity index is 1.96. The Morgan fingerprint density at radius 3 is 2.62 bits per heavy atom. The first kappa shape index (κ1) is 17.9. The van der Waals surface area contributed by atoms with Gasteiger partial charge in [0, 0.05) is 17.8 Å². The molecule has 0 aliphatic rings. The minimum absolute atomic E-state index is 0.102. The lowest BCUT2D eigenvalue weighted by atomic mass is 9.94. The first-order valence-corrected chi connectivity index (χ1v) is 8.72. The van der Waals surface area contributed by atoms with Gasteiger partial charge in [0.05, 0.1) is 0 Å². The molecule has 0 radical (unpaired) electrons. The molecule has 4 heteroatoms. The molecule has 0 atom stereocenters. The van der Waals surface area contributed by atoms with Gasteiger partial charge in [0.15, 0.2) is 5.83 Å². The minimum Gasteiger partial charge on any atom is -0.361 e. The molecule has 134 valence electrons. The first-order valence-electron chi connectivity index (χ1n) is 8.72. The smallest absolute Gasteiger partial charge is 0.280 e. The van der Waals surface area contributed by atoms with E-state index in [9.17, 15) is 9.18 Å². The number of amides is 1. The molecule has 1 heterocycles. The Bertz CT molecular complexity index is 999. The summed E-state index contributed by atoms with van der Waals surface area (Å²) in [5.74, 6) is -1.46. The minimum atomic E-state index is -0.775. The summed E-state index contributed by atoms with van der Waals surface area (Å²) in [6, 6.07) is 12.2. The number of carbonyl (C=O) groups is 1. The summed E-state index contributed by atoms with van der Waals surface area (Å²) in [7, 11) is 0. The molecule has 2 N–H and O–H groups in total. The molecule has 1 aromatic heterocycles. The van der Waals surface area contributed by atoms with Crippen molar-refractivity contribution < 1.29 is 9.18 Å². The molecular formula is C22H23FN2O. The Morgan fingerprint density at radius 2 is 1.88 bits per heavy atom. The zero-order valence-electron chi connectivity index (χ0n) is 15.5. The van der Waals surface area contributed by atoms with Gasteiger partial charge in [0.1, 0.15) is 0 Å². The van der Waals surface area contributed by atoms with Gasteiger partial charge in [-0.25, -0.2) is 4.39 Å². The summed E-state index contributed by atoms with van der Waals surface area (Å²) in [6.45, 7) is 7.53. The lowest BCUT2D eigenvalue weighted by Gasteiger charge is -2.12. The second kappa shape index (κ2) is 7.16. The van der Waals surface area contributed by atoms with Crippen LogP contribution < -0.4 is 5.32 Å². The zero-order chi connectivity index (χ0) is 18.8. The van der Waals surface area contributed by atoms with Gasteiger partial charge in [-0.2, -0.15) is 0 Å². The average Bonchev–Trinajstić information content (AvgIpc) is 3.04. The number of aromatic nitrogens is 1. The number of aromatic amines is 1. The fourth-order valence-electron chi connectivity index (χ4n) is 3.06. The molecule has 0 fully saturated rings. The number of nitrogens with one attached hydrogen (secondary N) is 2. The number of aryl methyl sites for hydroxylation is 2. The van der Waals surface area contributed by atoms with Crippen LogP contribution in [0.1, 0.15) is 30.5 Å². The van der Waals surface area contributed by atoms with E-state index in [-0.39, 0.29) is 6.04 Å². The van der Waals surface area contributed by atoms with Crippen molar-refractivity contribution in [1.29, 1.82) is 0 Å². The quantitative estimate of drug-likeness (QED) is 0.617. The molecule has 26 heavy (non-hydrogen) atoms. The molecule has 3 aromatic rings. The van der Waals surface area contributed by atoms with Gasteiger partial charge in [0.2, 0.25) is 0 Å². The van der Waals surface area contributed by atoms with E-state index in [1.54, 1.807) is 13.8 Å². The summed E-state index contributed by atoms with van der Waals surface area (Å²) >= 11 is 0. The monoisotopic (exact) mass is 350 g/mol. The van der Waals surface area contributed by atoms with E-state index in [0.29, 0.717) is 5.56 Å². The molecule has 0 aliphatic carbocycles. The zero-order valence-corrected chi connectivity index (χ0v) is 15.5. The maximum Gasteiger partial charge on any atom is 0.280 e. The van der Waals surface area contributed by atoms with Crippen LogP contribution in [0.25, 0.3) is 28.1 Å². The van der Waals surface area contributed by atoms with E-state index in [1.807, 2.05) is 38.2 Å². The van der Waals surface area contributed by atoms with E-state index >= 15 is 0 Å². The van der Waals surface area contributed by atoms with Crippen LogP contribution in [0.3, 0.4) is 0 Å². The highest BCUT2D eigenvalue weighted by Gasteiger charge is 2.12. The highest BCUT2D eigenvalue weighted by Crippen LogP contribution is 2.30. The summed E-state index contributed by atoms with van der Waals surface area (Å²) in [6.07, 6.45) is 3.23. The molecule has 0 bridgehead atoms. The largest absolute Gasteiger partial charge is 0.361 e. The van der Waals surface area contributed by atoms with Crippen molar-refractivity contribution in [2.24, 2.45) is 0 Å². The summed E-state index contributed by atoms with van der Waals surface area (Å²) in [4.78, 5) is 15.0. The second-order valence-electron chi connectivity index (χ2n) is 6.92. The van der Waals surface area contributed by atoms with Gasteiger partial charge in [-0.05, 0) is 85.2 Å². The fourth-order valence-corrected chi connectivity index (χ4v) is 3.06. The number of carbonyl (C=O) groups excluding carboxylic acids is 1. The van der Waals surface area contributed by atoms with Crippen LogP contribution in [-0.2, 0) is 4.79 Å². The van der Waals surface area contributed by atoms with Gasteiger partial charge < -0.3 is 10.3 Å². The van der Waals surface area contributed by atoms with Crippen molar-refractivity contribution in [3.8, 4) is 11.1 Å². The van der Waals surface area contributed by atoms with Gasteiger partial charge >= 0.3 is 0 Å². The predicted octanol–water partition coefficient (Wildman–Crippen LogP) is 5.29. The van der Waals surface area contributed by atoms with Crippen molar-refractivity contribution in [1.82, 2.24) is 10.3 Å². The topological polar surface area (TPSA) is 44.9 Å². The van der Waals surface area contributed by atoms with E-state index in [1.165, 1.54) is 6.08 Å². The van der Waals surface area contributed by atoms with Crippen molar-refractivity contribution in [3.05, 3.63) is 65.1 Å². The summed E-state index contributed by atoms with van der Waals surface area (Å²) < 4.78 is 14.2. The maximum absolute atomic E-state index is 14.2. The molecule has 3 rings (SSSR count). The van der Waals surface area contributed by atoms with Crippen LogP contribution >= 0.6 is 0 Å². The predicted molar refractivity (Wildman–Crippen MR) is 106 cm³/mol. The highest BCUT2D eigenvalue weighted by molar-refractivity contribution is 5.96. The molecule has 1 amide bonds. The number of hydrogen-bond acceptors (Lipinski definition) is 1. The average molecular weight is 350 g/mol. The van der Waals surface area contributed by atoms with Gasteiger partial charge in [-0.15, -0.1) is 0 Å². The van der Waals surface area contributed by atoms with Crippen LogP contribution in [0.5, 0.6) is 0 Å². The highest BCUT2D eigenvalue weighted by atomic mass is 19.1. The van der Waals surface area contributed by atoms with E-state index in [0.717, 1.165) is 33.2 Å². The Kier molecular flexibility index (Phi) is 4.94. The molecular weight excluding hydrogens is 327 g/mol. The van der Waals surface area contributed by atoms with Crippen molar-refractivity contribution in [2.45, 2.75) is 33.7 Å². The summed E-state index contributed by atoms with van der Waals surface area (Å²) in [5.41, 5.74) is 5.99. The molecule has 0 spiro atoms. The van der Waals surface area contributed by atoms with Crippen LogP contribution in [0.15, 0.2) is 48.4 Å². The molecule has 0 unspecified atom stereocenters. The number of fused-ring (bicyclic) bond motifs is 1. The number of halogens is 1. The standard InChI is InChI=1S/C22H23FN2O/c1-13(2)25-22(26)20(23)12-18-9-15(4)19(10-14(18)3)16-5-6-21-17(11-16)7-8-24-21/h5-13,24H,1-4H3,(H,25,26)/b20-12+. The lowest BCUT2D eigenvalue weighted by Crippen LogP contribution is -2.30. The maximum atomic E-state index is 14.2. The van der Waals surface area contributed by atoms with Gasteiger partial charge in [-0.3, -0.25) is 4.79 Å². The van der Waals surface area contributed by atoms with Crippen molar-refractivity contribution in [3.63, 3.8) is 0 Å². The van der Waals surface area contributed by atoms with Crippen LogP contribution in [0.2, 0.25) is 0 Å². The number of rotatable bonds is 4. The Morgan fingerprint density at radius 1 is 1.12 bits per heavy atom. The normalized spacial score (nSPS) is 12.0. The van der Waals surface area contributed by atoms with Gasteiger partial charge in [0.25, 0.3) is 5.91 Å². The third kappa shape index (κ3) is 3.69. The van der Waals surface area contributed by atoms with E-state index < -0.39 is 11.7 Å². The third-order valence-electron chi connectivity index (χ3n) is 4.40. The van der Waals surface area contributed by atoms with Crippen molar-refractivity contribution in [2.75, 3.05) is 0 Å². The molecule has 2 aromatic carbocycles. The number of hydrogen-bond donors (Lipinski definition) is 2. The molecule has 3 nitrogen and oxygen atoms in total. The first-order chi connectivity index (χ1) is 12.3. The molecule has 0 aliphatic heterocycles. The van der Waals surface area contributed by atoms with Gasteiger partial charge in [-0.1, -0.05) is 18.2 Å². The Labute approximate surface area is 152 Å². The van der Waals surface area contributed by atoms with Crippen LogP contribution in [0, 0.1) is 13.8 Å². The van der Waals surface area contributed by atoms with E-state index in [4.69, 9.17) is 0 Å². The SMILES string of the molecule is Cc1cc(-c2ccc3[nH]ccc3c2)c(C)cc1/C=C(/F)C(=O)NC(C)C. The van der Waals surface area contributed by atoms with Crippen LogP contribution in [0.4, 0.5) is 4.39 Å². The second-order valence-corrected chi connectivity index (χ2v) is 6.92. The lowest BCUT2D eigenvalue weighted by molar-refractivity contribution is -0.119. The summed E-state index contributed by atoms with van der Waals surface area (Å²) in [5, 5.41) is 3.72. The van der Waals surface area contributed by atoms with Crippen LogP contribution in [-0.4, -0.2) is 16.9 Å².